The molecule has 0 bridgehead atoms. The first-order valence-corrected chi connectivity index (χ1v) is 18.0. The van der Waals surface area contributed by atoms with Gasteiger partial charge in [0, 0.05) is 70.2 Å². The van der Waals surface area contributed by atoms with Crippen molar-refractivity contribution in [3.8, 4) is 0 Å². The van der Waals surface area contributed by atoms with E-state index in [0.717, 1.165) is 62.2 Å². The molecule has 2 aromatic rings. The van der Waals surface area contributed by atoms with E-state index >= 15 is 0 Å². The number of nitrogens with two attached hydrogens (primary N) is 3. The fourth-order valence-corrected chi connectivity index (χ4v) is 7.55. The number of likely N-dealkylation sites (tertiary alicyclic amines) is 1. The van der Waals surface area contributed by atoms with Crippen LogP contribution in [0.2, 0.25) is 0 Å². The van der Waals surface area contributed by atoms with Gasteiger partial charge in [-0.25, -0.2) is 19.3 Å². The SMILES string of the molecule is CC(CN(N)/C=C(\N)S(=O)N1CCC(N=C/C(=C\N=CN)C(F)(F)F)CC1)CN1CCC(c2ccc3c(N(C=O)CCC=O)nn(C)c3c2)CC1. The minimum absolute atomic E-state index is 0.103. The Labute approximate surface area is 298 Å². The Hall–Kier alpha value is -4.13. The number of benzene rings is 1. The van der Waals surface area contributed by atoms with Crippen molar-refractivity contribution in [1.29, 1.82) is 0 Å². The van der Waals surface area contributed by atoms with Gasteiger partial charge in [0.05, 0.1) is 23.5 Å². The van der Waals surface area contributed by atoms with Crippen LogP contribution < -0.4 is 22.2 Å². The number of anilines is 1. The molecule has 2 unspecified atom stereocenters. The Bertz CT molecular complexity index is 1630. The second-order valence-corrected chi connectivity index (χ2v) is 14.4. The van der Waals surface area contributed by atoms with E-state index < -0.39 is 22.7 Å². The van der Waals surface area contributed by atoms with Gasteiger partial charge in [-0.3, -0.25) is 19.4 Å². The second-order valence-electron chi connectivity index (χ2n) is 13.0. The lowest BCUT2D eigenvalue weighted by atomic mass is 9.88. The van der Waals surface area contributed by atoms with Crippen LogP contribution in [0.4, 0.5) is 19.0 Å². The summed E-state index contributed by atoms with van der Waals surface area (Å²) in [5.74, 6) is 7.39. The standard InChI is InChI=1S/C33H48F3N11O3S/c1-24(20-46(39)21-31(38)51(50)47-13-8-28(9-14-47)41-18-27(17-40-22-37)33(34,35)36)19-44-11-6-25(7-12-44)26-4-5-29-30(16-26)43(2)42-32(29)45(23-49)10-3-15-48/h4-5,15-18,21-25,28H,3,6-14,19-20,38-39H2,1-2H3,(H2,37,40)/b27-17+,31-21+,41-18?. The smallest absolute Gasteiger partial charge is 0.390 e. The molecule has 2 aliphatic heterocycles. The molecule has 3 heterocycles. The third-order valence-corrected chi connectivity index (χ3v) is 10.4. The van der Waals surface area contributed by atoms with E-state index in [2.05, 4.69) is 39.0 Å². The van der Waals surface area contributed by atoms with Crippen molar-refractivity contribution in [2.75, 3.05) is 50.7 Å². The number of aliphatic imine (C=N–C) groups is 2. The first-order valence-electron chi connectivity index (χ1n) is 16.9. The predicted molar refractivity (Wildman–Crippen MR) is 194 cm³/mol. The topological polar surface area (TPSA) is 185 Å². The number of allylic oxidation sites excluding steroid dienone is 1. The van der Waals surface area contributed by atoms with Crippen molar-refractivity contribution in [1.82, 2.24) is 24.0 Å². The lowest BCUT2D eigenvalue weighted by Crippen LogP contribution is -2.41. The second kappa shape index (κ2) is 18.4. The zero-order chi connectivity index (χ0) is 37.1. The number of carbonyl (C=O) groups is 2. The maximum atomic E-state index is 13.2. The number of hydrogen-bond acceptors (Lipinski definition) is 10. The van der Waals surface area contributed by atoms with Crippen LogP contribution in [0.5, 0.6) is 0 Å². The van der Waals surface area contributed by atoms with Crippen molar-refractivity contribution >= 4 is 53.0 Å². The molecular formula is C33H48F3N11O3S. The van der Waals surface area contributed by atoms with E-state index in [4.69, 9.17) is 17.3 Å². The molecule has 280 valence electrons. The van der Waals surface area contributed by atoms with Gasteiger partial charge in [0.25, 0.3) is 0 Å². The zero-order valence-corrected chi connectivity index (χ0v) is 29.8. The third-order valence-electron chi connectivity index (χ3n) is 9.10. The van der Waals surface area contributed by atoms with Crippen molar-refractivity contribution in [2.45, 2.75) is 57.2 Å². The number of amides is 1. The van der Waals surface area contributed by atoms with Crippen molar-refractivity contribution in [3.05, 3.63) is 46.8 Å². The monoisotopic (exact) mass is 735 g/mol. The number of hydrogen-bond donors (Lipinski definition) is 3. The number of piperidine rings is 2. The number of carbonyl (C=O) groups excluding carboxylic acids is 2. The Balaban J connectivity index is 1.22. The highest BCUT2D eigenvalue weighted by molar-refractivity contribution is 7.86. The Kier molecular flexibility index (Phi) is 14.3. The van der Waals surface area contributed by atoms with Gasteiger partial charge in [0.2, 0.25) is 6.41 Å². The van der Waals surface area contributed by atoms with Gasteiger partial charge in [0.15, 0.2) is 5.82 Å². The molecule has 0 radical (unpaired) electrons. The van der Waals surface area contributed by atoms with Crippen molar-refractivity contribution in [2.24, 2.45) is 40.3 Å². The molecule has 2 aliphatic rings. The van der Waals surface area contributed by atoms with Crippen LogP contribution in [0.25, 0.3) is 10.9 Å². The fourth-order valence-electron chi connectivity index (χ4n) is 6.49. The normalized spacial score (nSPS) is 19.3. The molecular weight excluding hydrogens is 687 g/mol. The number of aryl methyl sites for hydroxylation is 1. The van der Waals surface area contributed by atoms with Crippen LogP contribution in [-0.2, 0) is 27.6 Å². The van der Waals surface area contributed by atoms with Crippen molar-refractivity contribution < 1.29 is 27.0 Å². The number of aromatic nitrogens is 2. The van der Waals surface area contributed by atoms with Gasteiger partial charge in [-0.05, 0) is 68.3 Å². The summed E-state index contributed by atoms with van der Waals surface area (Å²) in [6, 6.07) is 5.91. The molecule has 2 atom stereocenters. The van der Waals surface area contributed by atoms with Crippen LogP contribution in [-0.4, -0.2) is 111 Å². The van der Waals surface area contributed by atoms with E-state index in [1.807, 2.05) is 13.1 Å². The number of rotatable bonds is 16. The maximum Gasteiger partial charge on any atom is 0.419 e. The maximum absolute atomic E-state index is 13.2. The quantitative estimate of drug-likeness (QED) is 0.0767. The number of halogens is 3. The first kappa shape index (κ1) is 39.7. The molecule has 1 aromatic carbocycles. The molecule has 4 rings (SSSR count). The predicted octanol–water partition coefficient (Wildman–Crippen LogP) is 2.51. The Morgan fingerprint density at radius 1 is 1.16 bits per heavy atom. The van der Waals surface area contributed by atoms with E-state index in [1.54, 1.807) is 8.99 Å². The Morgan fingerprint density at radius 2 is 1.86 bits per heavy atom. The molecule has 14 nitrogen and oxygen atoms in total. The van der Waals surface area contributed by atoms with Gasteiger partial charge in [-0.1, -0.05) is 13.0 Å². The molecule has 0 saturated carbocycles. The number of alkyl halides is 3. The first-order chi connectivity index (χ1) is 24.3. The molecule has 18 heteroatoms. The highest BCUT2D eigenvalue weighted by Gasteiger charge is 2.33. The fraction of sp³-hybridized carbons (Fsp3) is 0.545. The van der Waals surface area contributed by atoms with Crippen LogP contribution in [0.3, 0.4) is 0 Å². The summed E-state index contributed by atoms with van der Waals surface area (Å²) in [7, 11) is 0.206. The van der Waals surface area contributed by atoms with E-state index in [-0.39, 0.29) is 30.0 Å². The lowest BCUT2D eigenvalue weighted by molar-refractivity contribution is -0.108. The van der Waals surface area contributed by atoms with Gasteiger partial charge < -0.3 is 26.2 Å². The molecule has 2 saturated heterocycles. The molecule has 2 fully saturated rings. The van der Waals surface area contributed by atoms with Crippen molar-refractivity contribution in [3.63, 3.8) is 0 Å². The summed E-state index contributed by atoms with van der Waals surface area (Å²) in [6.07, 6.45) is 3.60. The van der Waals surface area contributed by atoms with Crippen LogP contribution in [0, 0.1) is 5.92 Å². The molecule has 6 N–H and O–H groups in total. The van der Waals surface area contributed by atoms with Gasteiger partial charge in [-0.15, -0.1) is 0 Å². The van der Waals surface area contributed by atoms with E-state index in [1.165, 1.54) is 21.7 Å². The number of nitrogens with zero attached hydrogens (tertiary/aromatic N) is 8. The zero-order valence-electron chi connectivity index (χ0n) is 29.0. The highest BCUT2D eigenvalue weighted by atomic mass is 32.2. The highest BCUT2D eigenvalue weighted by Crippen LogP contribution is 2.33. The Morgan fingerprint density at radius 3 is 2.49 bits per heavy atom. The molecule has 1 amide bonds. The minimum atomic E-state index is -4.60. The third kappa shape index (κ3) is 10.9. The minimum Gasteiger partial charge on any atom is -0.390 e. The average molecular weight is 736 g/mol. The van der Waals surface area contributed by atoms with E-state index in [9.17, 15) is 27.0 Å². The summed E-state index contributed by atoms with van der Waals surface area (Å²) in [6.45, 7) is 6.28. The summed E-state index contributed by atoms with van der Waals surface area (Å²) in [4.78, 5) is 33.8. The molecule has 51 heavy (non-hydrogen) atoms. The summed E-state index contributed by atoms with van der Waals surface area (Å²) in [5, 5.41) is 6.98. The molecule has 1 aromatic heterocycles. The summed E-state index contributed by atoms with van der Waals surface area (Å²) >= 11 is 0. The molecule has 0 aliphatic carbocycles. The van der Waals surface area contributed by atoms with Gasteiger partial charge in [0.1, 0.15) is 22.3 Å². The molecule has 0 spiro atoms. The largest absolute Gasteiger partial charge is 0.419 e. The lowest BCUT2D eigenvalue weighted by Gasteiger charge is -2.34. The number of aldehydes is 1. The number of hydrazine groups is 1. The average Bonchev–Trinajstić information content (AvgIpc) is 3.43. The van der Waals surface area contributed by atoms with Gasteiger partial charge >= 0.3 is 6.18 Å². The van der Waals surface area contributed by atoms with Gasteiger partial charge in [-0.2, -0.15) is 18.3 Å². The summed E-state index contributed by atoms with van der Waals surface area (Å²) in [5.41, 5.74) is 12.4. The summed E-state index contributed by atoms with van der Waals surface area (Å²) < 4.78 is 56.0. The van der Waals surface area contributed by atoms with E-state index in [0.29, 0.717) is 56.8 Å². The van der Waals surface area contributed by atoms with Crippen LogP contribution in [0.1, 0.15) is 50.5 Å². The number of fused-ring (bicyclic) bond motifs is 1. The van der Waals surface area contributed by atoms with Crippen LogP contribution in [0.15, 0.2) is 51.2 Å². The van der Waals surface area contributed by atoms with Crippen LogP contribution >= 0.6 is 0 Å².